The number of carbonyl (C=O) groups excluding carboxylic acids is 2. The molecule has 4 aliphatic carbocycles. The molecule has 0 amide bonds. The first kappa shape index (κ1) is 27.4. The molecule has 0 bridgehead atoms. The van der Waals surface area contributed by atoms with Crippen molar-refractivity contribution in [2.75, 3.05) is 0 Å². The number of ether oxygens (including phenoxy) is 2. The van der Waals surface area contributed by atoms with Gasteiger partial charge in [-0.1, -0.05) is 32.9 Å². The molecule has 4 aliphatic rings. The Bertz CT molecular complexity index is 912. The van der Waals surface area contributed by atoms with Crippen LogP contribution in [-0.2, 0) is 19.1 Å². The normalized spacial score (nSPS) is 39.2. The molecule has 36 heavy (non-hydrogen) atoms. The van der Waals surface area contributed by atoms with Gasteiger partial charge in [0.25, 0.3) is 0 Å². The Labute approximate surface area is 218 Å². The van der Waals surface area contributed by atoms with E-state index in [1.165, 1.54) is 45.1 Å². The quantitative estimate of drug-likeness (QED) is 0.410. The Balaban J connectivity index is 1.48. The predicted octanol–water partition coefficient (Wildman–Crippen LogP) is 6.39. The summed E-state index contributed by atoms with van der Waals surface area (Å²) >= 11 is 0. The van der Waals surface area contributed by atoms with Gasteiger partial charge in [0.2, 0.25) is 0 Å². The molecule has 2 fully saturated rings. The third-order valence-electron chi connectivity index (χ3n) is 10.7. The Kier molecular flexibility index (Phi) is 7.56. The monoisotopic (exact) mass is 500 g/mol. The Morgan fingerprint density at radius 3 is 2.42 bits per heavy atom. The minimum atomic E-state index is -1.03. The SMILES string of the molecule is CC(=O)O[C@@H]1C=C2C=C[C@H]3[C@@H]4CC[C@H]([C@H](C)CC[C@H](OC(C)=O)C(C)(C)O)[C@@]4(C)CC[C@@H]3[C@@]2(C)CC1. The van der Waals surface area contributed by atoms with Crippen LogP contribution in [0, 0.1) is 40.4 Å². The molecule has 0 heterocycles. The number of hydrogen-bond acceptors (Lipinski definition) is 5. The highest BCUT2D eigenvalue weighted by Gasteiger charge is 2.58. The van der Waals surface area contributed by atoms with Crippen molar-refractivity contribution in [3.05, 3.63) is 23.8 Å². The molecule has 5 heteroatoms. The molecule has 1 N–H and O–H groups in total. The second-order valence-corrected chi connectivity index (χ2v) is 13.4. The molecule has 0 aromatic carbocycles. The zero-order valence-electron chi connectivity index (χ0n) is 23.5. The Hall–Kier alpha value is -1.62. The molecule has 2 saturated carbocycles. The molecule has 9 atom stereocenters. The molecule has 0 radical (unpaired) electrons. The number of fused-ring (bicyclic) bond motifs is 5. The van der Waals surface area contributed by atoms with E-state index < -0.39 is 11.7 Å². The Morgan fingerprint density at radius 2 is 1.78 bits per heavy atom. The van der Waals surface area contributed by atoms with Crippen LogP contribution < -0.4 is 0 Å². The van der Waals surface area contributed by atoms with Crippen molar-refractivity contribution in [3.8, 4) is 0 Å². The lowest BCUT2D eigenvalue weighted by Gasteiger charge is -2.57. The van der Waals surface area contributed by atoms with Gasteiger partial charge in [-0.25, -0.2) is 0 Å². The minimum absolute atomic E-state index is 0.0861. The molecule has 202 valence electrons. The zero-order valence-corrected chi connectivity index (χ0v) is 23.5. The largest absolute Gasteiger partial charge is 0.460 e. The van der Waals surface area contributed by atoms with E-state index >= 15 is 0 Å². The van der Waals surface area contributed by atoms with Gasteiger partial charge in [0.1, 0.15) is 12.2 Å². The first-order chi connectivity index (χ1) is 16.8. The molecular weight excluding hydrogens is 452 g/mol. The summed E-state index contributed by atoms with van der Waals surface area (Å²) in [5.74, 6) is 2.62. The number of hydrogen-bond donors (Lipinski definition) is 1. The van der Waals surface area contributed by atoms with E-state index in [1.54, 1.807) is 13.8 Å². The lowest BCUT2D eigenvalue weighted by Crippen LogP contribution is -2.49. The number of allylic oxidation sites excluding steroid dienone is 3. The average Bonchev–Trinajstić information content (AvgIpc) is 3.12. The summed E-state index contributed by atoms with van der Waals surface area (Å²) in [6.07, 6.45) is 15.2. The van der Waals surface area contributed by atoms with Gasteiger partial charge in [-0.3, -0.25) is 9.59 Å². The van der Waals surface area contributed by atoms with Crippen molar-refractivity contribution in [3.63, 3.8) is 0 Å². The van der Waals surface area contributed by atoms with Gasteiger partial charge in [-0.15, -0.1) is 0 Å². The van der Waals surface area contributed by atoms with Crippen LogP contribution in [-0.4, -0.2) is 34.9 Å². The summed E-state index contributed by atoms with van der Waals surface area (Å²) < 4.78 is 11.0. The van der Waals surface area contributed by atoms with Crippen LogP contribution in [0.5, 0.6) is 0 Å². The van der Waals surface area contributed by atoms with Crippen LogP contribution in [0.15, 0.2) is 23.8 Å². The highest BCUT2D eigenvalue weighted by molar-refractivity contribution is 5.66. The molecule has 0 unspecified atom stereocenters. The number of carbonyl (C=O) groups is 2. The van der Waals surface area contributed by atoms with Crippen LogP contribution in [0.2, 0.25) is 0 Å². The predicted molar refractivity (Wildman–Crippen MR) is 141 cm³/mol. The topological polar surface area (TPSA) is 72.8 Å². The fourth-order valence-corrected chi connectivity index (χ4v) is 8.78. The van der Waals surface area contributed by atoms with Gasteiger partial charge in [0.15, 0.2) is 0 Å². The fourth-order valence-electron chi connectivity index (χ4n) is 8.78. The van der Waals surface area contributed by atoms with Gasteiger partial charge in [-0.05, 0) is 117 Å². The van der Waals surface area contributed by atoms with E-state index in [1.807, 2.05) is 0 Å². The van der Waals surface area contributed by atoms with Gasteiger partial charge in [0, 0.05) is 13.8 Å². The van der Waals surface area contributed by atoms with Crippen LogP contribution in [0.4, 0.5) is 0 Å². The fraction of sp³-hybridized carbons (Fsp3) is 0.806. The van der Waals surface area contributed by atoms with Crippen LogP contribution >= 0.6 is 0 Å². The maximum absolute atomic E-state index is 11.6. The van der Waals surface area contributed by atoms with Gasteiger partial charge < -0.3 is 14.6 Å². The third kappa shape index (κ3) is 5.06. The van der Waals surface area contributed by atoms with E-state index in [9.17, 15) is 14.7 Å². The average molecular weight is 501 g/mol. The second-order valence-electron chi connectivity index (χ2n) is 13.4. The summed E-state index contributed by atoms with van der Waals surface area (Å²) in [6, 6.07) is 0. The number of aliphatic hydroxyl groups is 1. The van der Waals surface area contributed by atoms with Crippen molar-refractivity contribution in [2.45, 2.75) is 118 Å². The zero-order chi connectivity index (χ0) is 26.5. The Morgan fingerprint density at radius 1 is 1.06 bits per heavy atom. The highest BCUT2D eigenvalue weighted by Crippen LogP contribution is 2.66. The van der Waals surface area contributed by atoms with Crippen LogP contribution in [0.1, 0.15) is 99.8 Å². The van der Waals surface area contributed by atoms with Crippen molar-refractivity contribution in [2.24, 2.45) is 40.4 Å². The third-order valence-corrected chi connectivity index (χ3v) is 10.7. The number of esters is 2. The van der Waals surface area contributed by atoms with Crippen LogP contribution in [0.3, 0.4) is 0 Å². The van der Waals surface area contributed by atoms with Crippen molar-refractivity contribution in [1.82, 2.24) is 0 Å². The molecule has 0 saturated heterocycles. The summed E-state index contributed by atoms with van der Waals surface area (Å²) in [5, 5.41) is 10.5. The van der Waals surface area contributed by atoms with Crippen molar-refractivity contribution < 1.29 is 24.2 Å². The maximum atomic E-state index is 11.6. The van der Waals surface area contributed by atoms with Crippen molar-refractivity contribution >= 4 is 11.9 Å². The summed E-state index contributed by atoms with van der Waals surface area (Å²) in [6.45, 7) is 13.8. The van der Waals surface area contributed by atoms with E-state index in [2.05, 4.69) is 39.0 Å². The van der Waals surface area contributed by atoms with E-state index in [4.69, 9.17) is 9.47 Å². The molecule has 0 aromatic heterocycles. The summed E-state index contributed by atoms with van der Waals surface area (Å²) in [7, 11) is 0. The van der Waals surface area contributed by atoms with E-state index in [0.29, 0.717) is 41.4 Å². The molecular formula is C31H48O5. The van der Waals surface area contributed by atoms with Gasteiger partial charge in [0.05, 0.1) is 5.60 Å². The summed E-state index contributed by atoms with van der Waals surface area (Å²) in [5.41, 5.74) is 0.831. The molecule has 0 aliphatic heterocycles. The lowest BCUT2D eigenvalue weighted by atomic mass is 9.48. The smallest absolute Gasteiger partial charge is 0.303 e. The van der Waals surface area contributed by atoms with Gasteiger partial charge >= 0.3 is 11.9 Å². The minimum Gasteiger partial charge on any atom is -0.460 e. The lowest BCUT2D eigenvalue weighted by molar-refractivity contribution is -0.160. The van der Waals surface area contributed by atoms with E-state index in [0.717, 1.165) is 19.3 Å². The molecule has 0 spiro atoms. The molecule has 4 rings (SSSR count). The van der Waals surface area contributed by atoms with E-state index in [-0.39, 0.29) is 23.5 Å². The van der Waals surface area contributed by atoms with Crippen LogP contribution in [0.25, 0.3) is 0 Å². The maximum Gasteiger partial charge on any atom is 0.303 e. The van der Waals surface area contributed by atoms with Gasteiger partial charge in [-0.2, -0.15) is 0 Å². The summed E-state index contributed by atoms with van der Waals surface area (Å²) in [4.78, 5) is 23.1. The second kappa shape index (κ2) is 9.93. The number of rotatable bonds is 7. The molecule has 0 aromatic rings. The van der Waals surface area contributed by atoms with Crippen molar-refractivity contribution in [1.29, 1.82) is 0 Å². The highest BCUT2D eigenvalue weighted by atomic mass is 16.6. The molecule has 5 nitrogen and oxygen atoms in total. The first-order valence-corrected chi connectivity index (χ1v) is 14.2. The standard InChI is InChI=1S/C31H48O5/c1-19(8-13-28(29(4,5)34)36-21(3)33)25-11-12-26-24-10-9-22-18-23(35-20(2)32)14-16-30(22,6)27(24)15-17-31(25,26)7/h9-10,18-19,23-28,34H,8,11-17H2,1-7H3/t19-,23+,24+,25-,26+,27+,28+,30+,31-/m1/s1. The first-order valence-electron chi connectivity index (χ1n) is 14.2.